The fraction of sp³-hybridized carbons (Fsp3) is 0.231. The molecule has 1 aliphatic carbocycles. The first-order chi connectivity index (χ1) is 26.2. The second-order valence-corrected chi connectivity index (χ2v) is 19.5. The van der Waals surface area contributed by atoms with E-state index in [0.29, 0.717) is 0 Å². The average Bonchev–Trinajstić information content (AvgIpc) is 3.42. The molecule has 3 heterocycles. The van der Waals surface area contributed by atoms with Crippen molar-refractivity contribution >= 4 is 67.1 Å². The number of nitrogens with zero attached hydrogens (tertiary/aromatic N) is 1. The van der Waals surface area contributed by atoms with Crippen LogP contribution < -0.4 is 21.7 Å². The van der Waals surface area contributed by atoms with Crippen molar-refractivity contribution in [1.29, 1.82) is 0 Å². The quantitative estimate of drug-likeness (QED) is 0.155. The molecule has 0 spiro atoms. The molecule has 0 unspecified atom stereocenters. The molecule has 3 heteroatoms. The summed E-state index contributed by atoms with van der Waals surface area (Å²) in [6.45, 7) is 21.2. The van der Waals surface area contributed by atoms with Crippen LogP contribution in [-0.2, 0) is 16.2 Å². The highest BCUT2D eigenvalue weighted by Crippen LogP contribution is 2.51. The lowest BCUT2D eigenvalue weighted by atomic mass is 9.33. The zero-order valence-electron chi connectivity index (χ0n) is 33.5. The van der Waals surface area contributed by atoms with Crippen LogP contribution in [0.25, 0.3) is 71.6 Å². The highest BCUT2D eigenvalue weighted by Gasteiger charge is 2.42. The van der Waals surface area contributed by atoms with Crippen molar-refractivity contribution in [2.24, 2.45) is 0 Å². The Labute approximate surface area is 325 Å². The standard InChI is InChI=1S/C52H47BN2/c1-50(2,3)30-20-23-43-38(24-30)39-25-31(51(4,5)6)26-41-49(39)55(43)44-28-32(52(7,8)9)27-42-47(44)53(41)40-22-21-37-36-19-13-15-29-14-12-18-34(45(29)36)33-16-10-11-17-35(33)46(37)48(40)54-42/h10-28,54H,1-9H3. The number of hydrogen-bond acceptors (Lipinski definition) is 1. The highest BCUT2D eigenvalue weighted by atomic mass is 15.0. The fourth-order valence-electron chi connectivity index (χ4n) is 10.0. The van der Waals surface area contributed by atoms with Crippen LogP contribution in [0, 0.1) is 0 Å². The summed E-state index contributed by atoms with van der Waals surface area (Å²) in [5.41, 5.74) is 22.4. The van der Waals surface area contributed by atoms with Crippen LogP contribution in [0.15, 0.2) is 115 Å². The van der Waals surface area contributed by atoms with Crippen LogP contribution in [0.1, 0.15) is 79.0 Å². The third-order valence-corrected chi connectivity index (χ3v) is 13.0. The Morgan fingerprint density at radius 3 is 1.85 bits per heavy atom. The summed E-state index contributed by atoms with van der Waals surface area (Å²) >= 11 is 0. The van der Waals surface area contributed by atoms with Gasteiger partial charge in [0.05, 0.1) is 5.52 Å². The molecule has 11 rings (SSSR count). The van der Waals surface area contributed by atoms with Gasteiger partial charge in [0.1, 0.15) is 0 Å². The predicted octanol–water partition coefficient (Wildman–Crippen LogP) is 12.0. The summed E-state index contributed by atoms with van der Waals surface area (Å²) in [7, 11) is 0. The van der Waals surface area contributed by atoms with Crippen molar-refractivity contribution in [1.82, 2.24) is 4.57 Å². The van der Waals surface area contributed by atoms with E-state index in [-0.39, 0.29) is 23.0 Å². The zero-order valence-corrected chi connectivity index (χ0v) is 33.5. The summed E-state index contributed by atoms with van der Waals surface area (Å²) in [6, 6.07) is 44.9. The monoisotopic (exact) mass is 710 g/mol. The number of nitrogens with one attached hydrogen (secondary N) is 1. The lowest BCUT2D eigenvalue weighted by molar-refractivity contribution is 0.590. The van der Waals surface area contributed by atoms with Gasteiger partial charge in [-0.3, -0.25) is 0 Å². The molecule has 55 heavy (non-hydrogen) atoms. The molecule has 2 aliphatic heterocycles. The van der Waals surface area contributed by atoms with Gasteiger partial charge in [-0.2, -0.15) is 0 Å². The summed E-state index contributed by atoms with van der Waals surface area (Å²) in [5.74, 6) is 0. The third-order valence-electron chi connectivity index (χ3n) is 13.0. The minimum absolute atomic E-state index is 0.0210. The molecule has 8 aromatic rings. The topological polar surface area (TPSA) is 17.0 Å². The van der Waals surface area contributed by atoms with Crippen LogP contribution in [0.5, 0.6) is 0 Å². The molecule has 0 amide bonds. The zero-order chi connectivity index (χ0) is 37.9. The third kappa shape index (κ3) is 4.44. The molecule has 1 N–H and O–H groups in total. The number of rotatable bonds is 0. The molecule has 0 fully saturated rings. The van der Waals surface area contributed by atoms with Crippen LogP contribution in [0.3, 0.4) is 0 Å². The van der Waals surface area contributed by atoms with Gasteiger partial charge < -0.3 is 9.88 Å². The smallest absolute Gasteiger partial charge is 0.252 e. The fourth-order valence-corrected chi connectivity index (χ4v) is 10.0. The average molecular weight is 711 g/mol. The van der Waals surface area contributed by atoms with Gasteiger partial charge in [-0.25, -0.2) is 0 Å². The van der Waals surface area contributed by atoms with E-state index in [1.807, 2.05) is 0 Å². The van der Waals surface area contributed by atoms with Gasteiger partial charge in [0, 0.05) is 38.9 Å². The SMILES string of the molecule is CC(C)(C)c1cc2c3c(c1)-n1c4ccc(C(C)(C)C)cc4c4cc(C(C)(C)C)cc(c41)B3c1ccc3c(c1N2)-c1ccccc1-c1cccc2cccc-3c12. The Hall–Kier alpha value is -5.54. The number of anilines is 2. The molecule has 0 atom stereocenters. The Bertz CT molecular complexity index is 3000. The van der Waals surface area contributed by atoms with E-state index >= 15 is 0 Å². The molecule has 0 saturated carbocycles. The molecule has 268 valence electrons. The van der Waals surface area contributed by atoms with Crippen molar-refractivity contribution in [3.05, 3.63) is 132 Å². The van der Waals surface area contributed by atoms with Gasteiger partial charge in [-0.1, -0.05) is 147 Å². The van der Waals surface area contributed by atoms with Crippen LogP contribution >= 0.6 is 0 Å². The van der Waals surface area contributed by atoms with E-state index < -0.39 is 0 Å². The molecule has 3 aliphatic rings. The van der Waals surface area contributed by atoms with Crippen LogP contribution in [0.4, 0.5) is 11.4 Å². The first-order valence-electron chi connectivity index (χ1n) is 20.1. The van der Waals surface area contributed by atoms with Crippen LogP contribution in [0.2, 0.25) is 0 Å². The molecule has 0 bridgehead atoms. The number of aromatic nitrogens is 1. The van der Waals surface area contributed by atoms with E-state index in [1.165, 1.54) is 116 Å². The van der Waals surface area contributed by atoms with Crippen molar-refractivity contribution in [2.45, 2.75) is 78.6 Å². The lowest BCUT2D eigenvalue weighted by Crippen LogP contribution is -2.59. The van der Waals surface area contributed by atoms with Gasteiger partial charge in [0.15, 0.2) is 0 Å². The van der Waals surface area contributed by atoms with Gasteiger partial charge >= 0.3 is 0 Å². The maximum Gasteiger partial charge on any atom is 0.252 e. The molecule has 0 radical (unpaired) electrons. The largest absolute Gasteiger partial charge is 0.356 e. The molecular formula is C52H47BN2. The molecule has 0 saturated heterocycles. The molecular weight excluding hydrogens is 663 g/mol. The van der Waals surface area contributed by atoms with Crippen LogP contribution in [-0.4, -0.2) is 11.3 Å². The van der Waals surface area contributed by atoms with Gasteiger partial charge in [-0.15, -0.1) is 0 Å². The summed E-state index contributed by atoms with van der Waals surface area (Å²) in [6.07, 6.45) is 0. The molecule has 1 aromatic heterocycles. The number of hydrogen-bond donors (Lipinski definition) is 1. The predicted molar refractivity (Wildman–Crippen MR) is 239 cm³/mol. The Morgan fingerprint density at radius 2 is 1.15 bits per heavy atom. The Kier molecular flexibility index (Phi) is 6.34. The van der Waals surface area contributed by atoms with Crippen molar-refractivity contribution in [3.63, 3.8) is 0 Å². The maximum absolute atomic E-state index is 4.21. The van der Waals surface area contributed by atoms with Gasteiger partial charge in [0.2, 0.25) is 0 Å². The van der Waals surface area contributed by atoms with Gasteiger partial charge in [0.25, 0.3) is 6.71 Å². The van der Waals surface area contributed by atoms with Crippen molar-refractivity contribution < 1.29 is 0 Å². The maximum atomic E-state index is 4.21. The second-order valence-electron chi connectivity index (χ2n) is 19.5. The summed E-state index contributed by atoms with van der Waals surface area (Å²) in [4.78, 5) is 0. The first-order valence-corrected chi connectivity index (χ1v) is 20.1. The van der Waals surface area contributed by atoms with E-state index in [4.69, 9.17) is 0 Å². The van der Waals surface area contributed by atoms with Crippen molar-refractivity contribution in [2.75, 3.05) is 5.32 Å². The van der Waals surface area contributed by atoms with E-state index in [9.17, 15) is 0 Å². The lowest BCUT2D eigenvalue weighted by Gasteiger charge is -2.38. The summed E-state index contributed by atoms with van der Waals surface area (Å²) in [5, 5.41) is 9.53. The minimum Gasteiger partial charge on any atom is -0.356 e. The second kappa shape index (κ2) is 10.6. The number of fused-ring (bicyclic) bond motifs is 13. The van der Waals surface area contributed by atoms with Crippen molar-refractivity contribution in [3.8, 4) is 39.1 Å². The normalized spacial score (nSPS) is 14.0. The van der Waals surface area contributed by atoms with E-state index in [2.05, 4.69) is 187 Å². The van der Waals surface area contributed by atoms with E-state index in [1.54, 1.807) is 0 Å². The first kappa shape index (κ1) is 32.9. The summed E-state index contributed by atoms with van der Waals surface area (Å²) < 4.78 is 2.62. The number of benzene rings is 7. The highest BCUT2D eigenvalue weighted by molar-refractivity contribution is 7.00. The van der Waals surface area contributed by atoms with E-state index in [0.717, 1.165) is 0 Å². The van der Waals surface area contributed by atoms with Gasteiger partial charge in [-0.05, 0) is 118 Å². The Balaban J connectivity index is 1.31. The Morgan fingerprint density at radius 1 is 0.509 bits per heavy atom. The minimum atomic E-state index is -0.0433. The molecule has 7 aromatic carbocycles. The molecule has 2 nitrogen and oxygen atoms in total.